The number of methoxy groups -OCH3 is 3. The molecule has 0 aliphatic rings. The highest BCUT2D eigenvalue weighted by Gasteiger charge is 2.14. The molecule has 0 amide bonds. The Labute approximate surface area is 156 Å². The number of rotatable bonds is 6. The molecule has 3 aromatic rings. The summed E-state index contributed by atoms with van der Waals surface area (Å²) in [5.41, 5.74) is 2.33. The first-order valence-electron chi connectivity index (χ1n) is 8.21. The lowest BCUT2D eigenvalue weighted by atomic mass is 10.1. The zero-order valence-electron chi connectivity index (χ0n) is 15.5. The highest BCUT2D eigenvalue weighted by Crippen LogP contribution is 2.37. The molecule has 0 spiro atoms. The lowest BCUT2D eigenvalue weighted by Gasteiger charge is -2.06. The molecule has 27 heavy (non-hydrogen) atoms. The van der Waals surface area contributed by atoms with E-state index in [1.165, 1.54) is 0 Å². The number of furan rings is 1. The van der Waals surface area contributed by atoms with Crippen LogP contribution in [0.1, 0.15) is 12.5 Å². The van der Waals surface area contributed by atoms with Crippen LogP contribution in [0.3, 0.4) is 0 Å². The lowest BCUT2D eigenvalue weighted by molar-refractivity contribution is -0.132. The fraction of sp³-hybridized carbons (Fsp3) is 0.190. The van der Waals surface area contributed by atoms with Crippen molar-refractivity contribution in [3.8, 4) is 28.6 Å². The summed E-state index contributed by atoms with van der Waals surface area (Å²) in [6.07, 6.45) is 1.59. The van der Waals surface area contributed by atoms with Gasteiger partial charge in [-0.2, -0.15) is 0 Å². The van der Waals surface area contributed by atoms with Gasteiger partial charge in [0.25, 0.3) is 0 Å². The fourth-order valence-electron chi connectivity index (χ4n) is 2.78. The molecule has 3 rings (SSSR count). The molecule has 0 aliphatic carbocycles. The van der Waals surface area contributed by atoms with Crippen LogP contribution in [0, 0.1) is 0 Å². The number of carbonyl (C=O) groups is 1. The zero-order valence-corrected chi connectivity index (χ0v) is 15.5. The molecule has 0 saturated carbocycles. The Balaban J connectivity index is 2.15. The summed E-state index contributed by atoms with van der Waals surface area (Å²) >= 11 is 0. The predicted molar refractivity (Wildman–Crippen MR) is 103 cm³/mol. The molecular weight excluding hydrogens is 348 g/mol. The fourth-order valence-corrected chi connectivity index (χ4v) is 2.78. The molecular formula is C21H20O6. The monoisotopic (exact) mass is 368 g/mol. The van der Waals surface area contributed by atoms with Gasteiger partial charge in [0.15, 0.2) is 11.3 Å². The van der Waals surface area contributed by atoms with Crippen LogP contribution in [0.15, 0.2) is 46.4 Å². The van der Waals surface area contributed by atoms with Crippen molar-refractivity contribution in [2.75, 3.05) is 21.3 Å². The number of hydrogen-bond donors (Lipinski definition) is 1. The van der Waals surface area contributed by atoms with Crippen LogP contribution in [0.2, 0.25) is 0 Å². The average Bonchev–Trinajstić information content (AvgIpc) is 3.10. The van der Waals surface area contributed by atoms with Gasteiger partial charge in [0.05, 0.1) is 21.3 Å². The third kappa shape index (κ3) is 3.74. The van der Waals surface area contributed by atoms with E-state index in [9.17, 15) is 4.79 Å². The Hall–Kier alpha value is -3.41. The summed E-state index contributed by atoms with van der Waals surface area (Å²) in [5.74, 6) is 1.48. The number of carboxylic acids is 1. The standard InChI is InChI=1S/C21H20O6/c1-12(21(22)23)5-13-6-15-10-18(27-20(15)19(7-13)26-4)14-8-16(24-2)11-17(9-14)25-3/h5-11H,1-4H3,(H,22,23)/b12-5+. The van der Waals surface area contributed by atoms with E-state index in [4.69, 9.17) is 23.7 Å². The molecule has 1 heterocycles. The van der Waals surface area contributed by atoms with E-state index in [1.54, 1.807) is 46.5 Å². The molecule has 0 saturated heterocycles. The third-order valence-electron chi connectivity index (χ3n) is 4.18. The van der Waals surface area contributed by atoms with Crippen molar-refractivity contribution < 1.29 is 28.5 Å². The SMILES string of the molecule is COc1cc(OC)cc(-c2cc3cc(/C=C(\C)C(=O)O)cc(OC)c3o2)c1. The van der Waals surface area contributed by atoms with Gasteiger partial charge in [-0.25, -0.2) is 4.79 Å². The van der Waals surface area contributed by atoms with Crippen LogP contribution < -0.4 is 14.2 Å². The van der Waals surface area contributed by atoms with Crippen molar-refractivity contribution >= 4 is 23.0 Å². The summed E-state index contributed by atoms with van der Waals surface area (Å²) in [7, 11) is 4.72. The van der Waals surface area contributed by atoms with Gasteiger partial charge in [-0.3, -0.25) is 0 Å². The Bertz CT molecular complexity index is 1010. The summed E-state index contributed by atoms with van der Waals surface area (Å²) in [4.78, 5) is 11.1. The summed E-state index contributed by atoms with van der Waals surface area (Å²) in [6, 6.07) is 11.0. The maximum atomic E-state index is 11.1. The van der Waals surface area contributed by atoms with E-state index in [2.05, 4.69) is 0 Å². The lowest BCUT2D eigenvalue weighted by Crippen LogP contribution is -1.95. The highest BCUT2D eigenvalue weighted by molar-refractivity contribution is 5.94. The maximum absolute atomic E-state index is 11.1. The first-order valence-corrected chi connectivity index (χ1v) is 8.21. The van der Waals surface area contributed by atoms with Crippen molar-refractivity contribution in [3.05, 3.63) is 47.5 Å². The molecule has 2 aromatic carbocycles. The minimum Gasteiger partial charge on any atom is -0.497 e. The van der Waals surface area contributed by atoms with Crippen LogP contribution in [0.25, 0.3) is 28.4 Å². The van der Waals surface area contributed by atoms with Crippen LogP contribution >= 0.6 is 0 Å². The Morgan fingerprint density at radius 3 is 2.19 bits per heavy atom. The number of fused-ring (bicyclic) bond motifs is 1. The van der Waals surface area contributed by atoms with Crippen molar-refractivity contribution in [1.82, 2.24) is 0 Å². The molecule has 6 heteroatoms. The number of carboxylic acid groups (broad SMARTS) is 1. The average molecular weight is 368 g/mol. The molecule has 1 aromatic heterocycles. The molecule has 0 bridgehead atoms. The minimum absolute atomic E-state index is 0.234. The van der Waals surface area contributed by atoms with E-state index in [0.29, 0.717) is 28.6 Å². The van der Waals surface area contributed by atoms with Crippen LogP contribution in [-0.2, 0) is 4.79 Å². The van der Waals surface area contributed by atoms with E-state index >= 15 is 0 Å². The molecule has 0 aliphatic heterocycles. The first-order chi connectivity index (χ1) is 12.9. The van der Waals surface area contributed by atoms with E-state index in [0.717, 1.165) is 16.5 Å². The van der Waals surface area contributed by atoms with E-state index in [1.807, 2.05) is 24.3 Å². The van der Waals surface area contributed by atoms with Gasteiger partial charge >= 0.3 is 5.97 Å². The second-order valence-corrected chi connectivity index (χ2v) is 5.99. The second-order valence-electron chi connectivity index (χ2n) is 5.99. The van der Waals surface area contributed by atoms with Crippen molar-refractivity contribution in [2.45, 2.75) is 6.92 Å². The molecule has 140 valence electrons. The minimum atomic E-state index is -0.967. The molecule has 6 nitrogen and oxygen atoms in total. The van der Waals surface area contributed by atoms with E-state index < -0.39 is 5.97 Å². The van der Waals surface area contributed by atoms with Crippen molar-refractivity contribution in [3.63, 3.8) is 0 Å². The topological polar surface area (TPSA) is 78.1 Å². The van der Waals surface area contributed by atoms with E-state index in [-0.39, 0.29) is 5.57 Å². The van der Waals surface area contributed by atoms with Gasteiger partial charge in [-0.1, -0.05) is 0 Å². The van der Waals surface area contributed by atoms with Crippen LogP contribution in [0.4, 0.5) is 0 Å². The van der Waals surface area contributed by atoms with Gasteiger partial charge in [-0.15, -0.1) is 0 Å². The Morgan fingerprint density at radius 2 is 1.63 bits per heavy atom. The number of aliphatic carboxylic acids is 1. The number of ether oxygens (including phenoxy) is 3. The van der Waals surface area contributed by atoms with Crippen LogP contribution in [-0.4, -0.2) is 32.4 Å². The third-order valence-corrected chi connectivity index (χ3v) is 4.18. The largest absolute Gasteiger partial charge is 0.497 e. The van der Waals surface area contributed by atoms with Gasteiger partial charge in [-0.05, 0) is 48.9 Å². The molecule has 1 N–H and O–H groups in total. The smallest absolute Gasteiger partial charge is 0.331 e. The normalized spacial score (nSPS) is 11.5. The predicted octanol–water partition coefficient (Wildman–Crippen LogP) is 4.61. The van der Waals surface area contributed by atoms with Crippen LogP contribution in [0.5, 0.6) is 17.2 Å². The zero-order chi connectivity index (χ0) is 19.6. The summed E-state index contributed by atoms with van der Waals surface area (Å²) < 4.78 is 22.1. The van der Waals surface area contributed by atoms with Crippen molar-refractivity contribution in [2.24, 2.45) is 0 Å². The molecule has 0 atom stereocenters. The highest BCUT2D eigenvalue weighted by atomic mass is 16.5. The number of hydrogen-bond acceptors (Lipinski definition) is 5. The molecule has 0 radical (unpaired) electrons. The van der Waals surface area contributed by atoms with Crippen molar-refractivity contribution in [1.29, 1.82) is 0 Å². The molecule has 0 unspecified atom stereocenters. The summed E-state index contributed by atoms with van der Waals surface area (Å²) in [5, 5.41) is 9.89. The summed E-state index contributed by atoms with van der Waals surface area (Å²) in [6.45, 7) is 1.54. The maximum Gasteiger partial charge on any atom is 0.331 e. The second kappa shape index (κ2) is 7.45. The van der Waals surface area contributed by atoms with Gasteiger partial charge in [0, 0.05) is 22.6 Å². The quantitative estimate of drug-likeness (QED) is 0.640. The van der Waals surface area contributed by atoms with Gasteiger partial charge in [0.1, 0.15) is 17.3 Å². The van der Waals surface area contributed by atoms with Gasteiger partial charge in [0.2, 0.25) is 0 Å². The molecule has 0 fully saturated rings. The van der Waals surface area contributed by atoms with Gasteiger partial charge < -0.3 is 23.7 Å². The Morgan fingerprint density at radius 1 is 0.963 bits per heavy atom. The first kappa shape index (κ1) is 18.4. The number of benzene rings is 2. The Kier molecular flexibility index (Phi) is 5.07.